The molecule has 1 heterocycles. The van der Waals surface area contributed by atoms with Crippen molar-refractivity contribution in [3.05, 3.63) is 76.6 Å². The molecule has 1 aliphatic carbocycles. The van der Waals surface area contributed by atoms with Gasteiger partial charge in [-0.15, -0.1) is 0 Å². The van der Waals surface area contributed by atoms with Gasteiger partial charge in [-0.3, -0.25) is 3.97 Å². The molecule has 2 aromatic carbocycles. The number of nitrogens with zero attached hydrogens (tertiary/aromatic N) is 1. The summed E-state index contributed by atoms with van der Waals surface area (Å²) in [6.07, 6.45) is 4.55. The smallest absolute Gasteiger partial charge is 0.0602 e. The first-order valence-electron chi connectivity index (χ1n) is 10.4. The molecule has 0 spiro atoms. The number of allylic oxidation sites excluding steroid dienone is 1. The van der Waals surface area contributed by atoms with Crippen LogP contribution < -0.4 is 5.32 Å². The fraction of sp³-hybridized carbons (Fsp3) is 0.360. The van der Waals surface area contributed by atoms with Gasteiger partial charge >= 0.3 is 0 Å². The van der Waals surface area contributed by atoms with Gasteiger partial charge in [0.2, 0.25) is 0 Å². The first kappa shape index (κ1) is 20.4. The number of benzene rings is 2. The molecule has 0 amide bonds. The fourth-order valence-electron chi connectivity index (χ4n) is 3.60. The second kappa shape index (κ2) is 8.12. The number of rotatable bonds is 8. The molecule has 0 aliphatic heterocycles. The molecule has 0 saturated heterocycles. The Hall–Kier alpha value is -1.84. The van der Waals surface area contributed by atoms with Crippen molar-refractivity contribution in [1.82, 2.24) is 9.29 Å². The van der Waals surface area contributed by atoms with Gasteiger partial charge in [-0.2, -0.15) is 0 Å². The maximum atomic E-state index is 6.57. The first-order chi connectivity index (χ1) is 13.9. The Morgan fingerprint density at radius 2 is 1.93 bits per heavy atom. The van der Waals surface area contributed by atoms with Gasteiger partial charge in [0, 0.05) is 26.4 Å². The van der Waals surface area contributed by atoms with Gasteiger partial charge in [0.15, 0.2) is 0 Å². The Balaban J connectivity index is 1.71. The second-order valence-electron chi connectivity index (χ2n) is 8.48. The van der Waals surface area contributed by atoms with E-state index in [0.29, 0.717) is 0 Å². The van der Waals surface area contributed by atoms with Crippen molar-refractivity contribution in [1.29, 1.82) is 0 Å². The van der Waals surface area contributed by atoms with E-state index in [9.17, 15) is 0 Å². The number of aromatic nitrogens is 1. The van der Waals surface area contributed by atoms with Crippen LogP contribution >= 0.6 is 23.5 Å². The summed E-state index contributed by atoms with van der Waals surface area (Å²) in [6.45, 7) is 11.7. The highest BCUT2D eigenvalue weighted by atomic mass is 35.5. The summed E-state index contributed by atoms with van der Waals surface area (Å²) >= 11 is 8.34. The Labute approximate surface area is 183 Å². The third-order valence-electron chi connectivity index (χ3n) is 5.95. The van der Waals surface area contributed by atoms with E-state index in [1.807, 2.05) is 0 Å². The van der Waals surface area contributed by atoms with Gasteiger partial charge in [-0.05, 0) is 74.0 Å². The third-order valence-corrected chi connectivity index (χ3v) is 7.39. The van der Waals surface area contributed by atoms with Crippen LogP contribution in [0.4, 0.5) is 0 Å². The number of nitrogens with one attached hydrogen (secondary N) is 1. The molecule has 0 bridgehead atoms. The molecular weight excluding hydrogens is 396 g/mol. The molecule has 1 N–H and O–H groups in total. The molecule has 0 unspecified atom stereocenters. The molecule has 4 heteroatoms. The van der Waals surface area contributed by atoms with Crippen LogP contribution in [0.1, 0.15) is 49.9 Å². The van der Waals surface area contributed by atoms with E-state index in [1.54, 1.807) is 11.9 Å². The molecule has 0 radical (unpaired) electrons. The highest BCUT2D eigenvalue weighted by Crippen LogP contribution is 2.49. The number of aryl methyl sites for hydroxylation is 2. The SMILES string of the molecule is C=C(NCc1cc2cc(Cl)c(CCC)cc2n1Sc1ccc(C)cc1)C1(C)CC1. The topological polar surface area (TPSA) is 17.0 Å². The second-order valence-corrected chi connectivity index (χ2v) is 9.91. The molecule has 1 saturated carbocycles. The van der Waals surface area contributed by atoms with Crippen LogP contribution in [0.2, 0.25) is 5.02 Å². The predicted octanol–water partition coefficient (Wildman–Crippen LogP) is 7.51. The Bertz CT molecular complexity index is 1040. The molecule has 0 atom stereocenters. The third kappa shape index (κ3) is 4.36. The average molecular weight is 425 g/mol. The van der Waals surface area contributed by atoms with E-state index in [2.05, 4.69) is 79.1 Å². The molecule has 152 valence electrons. The van der Waals surface area contributed by atoms with Crippen LogP contribution in [0.5, 0.6) is 0 Å². The molecule has 4 rings (SSSR count). The van der Waals surface area contributed by atoms with Crippen molar-refractivity contribution < 1.29 is 0 Å². The van der Waals surface area contributed by atoms with E-state index in [0.717, 1.165) is 30.1 Å². The molecular formula is C25H29ClN2S. The van der Waals surface area contributed by atoms with Gasteiger partial charge in [-0.25, -0.2) is 0 Å². The number of hydrogen-bond donors (Lipinski definition) is 1. The maximum Gasteiger partial charge on any atom is 0.0602 e. The van der Waals surface area contributed by atoms with Crippen molar-refractivity contribution in [2.45, 2.75) is 57.9 Å². The van der Waals surface area contributed by atoms with Crippen LogP contribution in [-0.2, 0) is 13.0 Å². The minimum Gasteiger partial charge on any atom is -0.383 e. The molecule has 3 aromatic rings. The van der Waals surface area contributed by atoms with Crippen molar-refractivity contribution >= 4 is 34.5 Å². The summed E-state index contributed by atoms with van der Waals surface area (Å²) in [5.41, 5.74) is 6.39. The van der Waals surface area contributed by atoms with Gasteiger partial charge < -0.3 is 5.32 Å². The maximum absolute atomic E-state index is 6.57. The monoisotopic (exact) mass is 424 g/mol. The molecule has 1 fully saturated rings. The molecule has 1 aromatic heterocycles. The van der Waals surface area contributed by atoms with Gasteiger partial charge in [0.1, 0.15) is 0 Å². The van der Waals surface area contributed by atoms with Crippen molar-refractivity contribution in [2.75, 3.05) is 0 Å². The highest BCUT2D eigenvalue weighted by molar-refractivity contribution is 7.98. The fourth-order valence-corrected chi connectivity index (χ4v) is 4.83. The average Bonchev–Trinajstić information content (AvgIpc) is 3.37. The summed E-state index contributed by atoms with van der Waals surface area (Å²) in [5, 5.41) is 5.65. The summed E-state index contributed by atoms with van der Waals surface area (Å²) < 4.78 is 2.35. The zero-order valence-electron chi connectivity index (χ0n) is 17.5. The summed E-state index contributed by atoms with van der Waals surface area (Å²) in [4.78, 5) is 1.23. The molecule has 2 nitrogen and oxygen atoms in total. The lowest BCUT2D eigenvalue weighted by molar-refractivity contribution is 0.597. The quantitative estimate of drug-likeness (QED) is 0.402. The minimum absolute atomic E-state index is 0.276. The largest absolute Gasteiger partial charge is 0.383 e. The minimum atomic E-state index is 0.276. The summed E-state index contributed by atoms with van der Waals surface area (Å²) in [5.74, 6) is 0. The zero-order valence-corrected chi connectivity index (χ0v) is 19.1. The van der Waals surface area contributed by atoms with E-state index >= 15 is 0 Å². The van der Waals surface area contributed by atoms with Crippen molar-refractivity contribution in [3.63, 3.8) is 0 Å². The lowest BCUT2D eigenvalue weighted by atomic mass is 10.1. The van der Waals surface area contributed by atoms with Crippen molar-refractivity contribution in [3.8, 4) is 0 Å². The first-order valence-corrected chi connectivity index (χ1v) is 11.6. The van der Waals surface area contributed by atoms with Crippen LogP contribution in [0, 0.1) is 12.3 Å². The number of fused-ring (bicyclic) bond motifs is 1. The number of halogens is 1. The van der Waals surface area contributed by atoms with Crippen molar-refractivity contribution in [2.24, 2.45) is 5.41 Å². The lowest BCUT2D eigenvalue weighted by Crippen LogP contribution is -2.19. The molecule has 1 aliphatic rings. The van der Waals surface area contributed by atoms with Crippen LogP contribution in [0.3, 0.4) is 0 Å². The summed E-state index contributed by atoms with van der Waals surface area (Å²) in [6, 6.07) is 15.4. The highest BCUT2D eigenvalue weighted by Gasteiger charge is 2.40. The van der Waals surface area contributed by atoms with Gasteiger partial charge in [0.25, 0.3) is 0 Å². The van der Waals surface area contributed by atoms with Crippen LogP contribution in [0.25, 0.3) is 10.9 Å². The zero-order chi connectivity index (χ0) is 20.6. The van der Waals surface area contributed by atoms with E-state index in [4.69, 9.17) is 11.6 Å². The lowest BCUT2D eigenvalue weighted by Gasteiger charge is -2.17. The predicted molar refractivity (Wildman–Crippen MR) is 127 cm³/mol. The van der Waals surface area contributed by atoms with Crippen LogP contribution in [0.15, 0.2) is 59.6 Å². The van der Waals surface area contributed by atoms with E-state index < -0.39 is 0 Å². The number of hydrogen-bond acceptors (Lipinski definition) is 2. The van der Waals surface area contributed by atoms with Gasteiger partial charge in [0.05, 0.1) is 17.8 Å². The Morgan fingerprint density at radius 3 is 2.59 bits per heavy atom. The Kier molecular flexibility index (Phi) is 5.72. The van der Waals surface area contributed by atoms with Crippen LogP contribution in [-0.4, -0.2) is 3.97 Å². The molecule has 29 heavy (non-hydrogen) atoms. The van der Waals surface area contributed by atoms with Gasteiger partial charge in [-0.1, -0.05) is 56.1 Å². The normalized spacial score (nSPS) is 14.9. The Morgan fingerprint density at radius 1 is 1.21 bits per heavy atom. The summed E-state index contributed by atoms with van der Waals surface area (Å²) in [7, 11) is 0. The standard InChI is InChI=1S/C25H29ClN2S/c1-5-6-19-15-24-20(14-23(19)26)13-21(16-27-18(3)25(4)11-12-25)28(24)29-22-9-7-17(2)8-10-22/h7-10,13-15,27H,3,5-6,11-12,16H2,1-2,4H3. The van der Waals surface area contributed by atoms with E-state index in [1.165, 1.54) is 45.5 Å². The van der Waals surface area contributed by atoms with E-state index in [-0.39, 0.29) is 5.41 Å².